The summed E-state index contributed by atoms with van der Waals surface area (Å²) >= 11 is 0. The summed E-state index contributed by atoms with van der Waals surface area (Å²) in [5.74, 6) is -0.707. The lowest BCUT2D eigenvalue weighted by Crippen LogP contribution is -2.42. The van der Waals surface area contributed by atoms with Gasteiger partial charge in [-0.15, -0.1) is 0 Å². The van der Waals surface area contributed by atoms with Crippen LogP contribution in [-0.4, -0.2) is 33.2 Å². The number of hydrogen-bond donors (Lipinski definition) is 2. The number of fused-ring (bicyclic) bond motifs is 1. The molecule has 0 radical (unpaired) electrons. The van der Waals surface area contributed by atoms with Gasteiger partial charge in [-0.2, -0.15) is 0 Å². The van der Waals surface area contributed by atoms with E-state index in [0.29, 0.717) is 18.7 Å². The average molecular weight is 263 g/mol. The zero-order valence-electron chi connectivity index (χ0n) is 11.7. The highest BCUT2D eigenvalue weighted by molar-refractivity contribution is 5.87. The minimum absolute atomic E-state index is 0.186. The van der Waals surface area contributed by atoms with Crippen molar-refractivity contribution < 1.29 is 15.0 Å². The van der Waals surface area contributed by atoms with E-state index in [0.717, 1.165) is 17.7 Å². The molecule has 4 heteroatoms. The van der Waals surface area contributed by atoms with Crippen LogP contribution in [0.1, 0.15) is 42.3 Å². The van der Waals surface area contributed by atoms with Crippen LogP contribution in [0.5, 0.6) is 0 Å². The Hall–Kier alpha value is -1.39. The molecule has 1 heterocycles. The Morgan fingerprint density at radius 2 is 2.00 bits per heavy atom. The monoisotopic (exact) mass is 263 g/mol. The molecule has 104 valence electrons. The van der Waals surface area contributed by atoms with Crippen LogP contribution >= 0.6 is 0 Å². The predicted octanol–water partition coefficient (Wildman–Crippen LogP) is 2.11. The minimum Gasteiger partial charge on any atom is -0.478 e. The number of nitrogens with zero attached hydrogens (tertiary/aromatic N) is 1. The Morgan fingerprint density at radius 3 is 2.58 bits per heavy atom. The van der Waals surface area contributed by atoms with Gasteiger partial charge in [0, 0.05) is 19.6 Å². The standard InChI is InChI=1S/C15H21NO3/c1-10(2)15(3,19)9-16-7-12-5-4-11(14(17)18)6-13(12)8-16/h4-6,10,19H,7-9H2,1-3H3,(H,17,18). The Kier molecular flexibility index (Phi) is 3.65. The van der Waals surface area contributed by atoms with Crippen LogP contribution in [0.15, 0.2) is 18.2 Å². The molecule has 0 spiro atoms. The van der Waals surface area contributed by atoms with Gasteiger partial charge < -0.3 is 10.2 Å². The molecule has 1 atom stereocenters. The van der Waals surface area contributed by atoms with Gasteiger partial charge in [0.05, 0.1) is 11.2 Å². The van der Waals surface area contributed by atoms with Crippen LogP contribution < -0.4 is 0 Å². The lowest BCUT2D eigenvalue weighted by atomic mass is 9.92. The van der Waals surface area contributed by atoms with Crippen molar-refractivity contribution in [3.63, 3.8) is 0 Å². The molecule has 2 N–H and O–H groups in total. The van der Waals surface area contributed by atoms with E-state index >= 15 is 0 Å². The first-order valence-electron chi connectivity index (χ1n) is 6.59. The van der Waals surface area contributed by atoms with Crippen molar-refractivity contribution >= 4 is 5.97 Å². The third kappa shape index (κ3) is 2.96. The van der Waals surface area contributed by atoms with Crippen LogP contribution in [0.25, 0.3) is 0 Å². The molecule has 1 aliphatic rings. The molecule has 1 aliphatic heterocycles. The molecule has 0 aromatic heterocycles. The molecule has 0 fully saturated rings. The molecule has 1 aromatic carbocycles. The number of carboxylic acid groups (broad SMARTS) is 1. The van der Waals surface area contributed by atoms with E-state index in [9.17, 15) is 9.90 Å². The van der Waals surface area contributed by atoms with Crippen LogP contribution in [0, 0.1) is 5.92 Å². The molecular weight excluding hydrogens is 242 g/mol. The molecule has 0 saturated heterocycles. The fraction of sp³-hybridized carbons (Fsp3) is 0.533. The van der Waals surface area contributed by atoms with E-state index < -0.39 is 11.6 Å². The summed E-state index contributed by atoms with van der Waals surface area (Å²) in [7, 11) is 0. The van der Waals surface area contributed by atoms with Gasteiger partial charge in [-0.05, 0) is 36.1 Å². The third-order valence-corrected chi connectivity index (χ3v) is 4.03. The van der Waals surface area contributed by atoms with Gasteiger partial charge in [0.2, 0.25) is 0 Å². The number of β-amino-alcohol motifs (C(OH)–C–C–N with tert-alkyl or cyclic N) is 1. The normalized spacial score (nSPS) is 18.4. The fourth-order valence-corrected chi connectivity index (χ4v) is 2.35. The van der Waals surface area contributed by atoms with E-state index in [-0.39, 0.29) is 5.92 Å². The first-order chi connectivity index (χ1) is 8.79. The lowest BCUT2D eigenvalue weighted by molar-refractivity contribution is -0.0199. The maximum absolute atomic E-state index is 10.9. The van der Waals surface area contributed by atoms with Crippen LogP contribution in [-0.2, 0) is 13.1 Å². The van der Waals surface area contributed by atoms with Crippen molar-refractivity contribution in [3.8, 4) is 0 Å². The number of aliphatic hydroxyl groups is 1. The lowest BCUT2D eigenvalue weighted by Gasteiger charge is -2.32. The summed E-state index contributed by atoms with van der Waals surface area (Å²) in [4.78, 5) is 13.1. The Bertz CT molecular complexity index is 494. The second-order valence-electron chi connectivity index (χ2n) is 5.95. The zero-order chi connectivity index (χ0) is 14.2. The Morgan fingerprint density at radius 1 is 1.37 bits per heavy atom. The number of aromatic carboxylic acids is 1. The largest absolute Gasteiger partial charge is 0.478 e. The van der Waals surface area contributed by atoms with E-state index in [1.54, 1.807) is 12.1 Å². The maximum Gasteiger partial charge on any atom is 0.335 e. The molecule has 4 nitrogen and oxygen atoms in total. The summed E-state index contributed by atoms with van der Waals surface area (Å²) < 4.78 is 0. The first kappa shape index (κ1) is 14.0. The van der Waals surface area contributed by atoms with Crippen LogP contribution in [0.3, 0.4) is 0 Å². The van der Waals surface area contributed by atoms with Crippen molar-refractivity contribution in [1.29, 1.82) is 0 Å². The van der Waals surface area contributed by atoms with Gasteiger partial charge in [-0.1, -0.05) is 19.9 Å². The summed E-state index contributed by atoms with van der Waals surface area (Å²) in [5, 5.41) is 19.3. The number of benzene rings is 1. The summed E-state index contributed by atoms with van der Waals surface area (Å²) in [5.41, 5.74) is 1.82. The number of carboxylic acids is 1. The van der Waals surface area contributed by atoms with Gasteiger partial charge in [0.15, 0.2) is 0 Å². The first-order valence-corrected chi connectivity index (χ1v) is 6.59. The molecule has 0 amide bonds. The molecule has 2 rings (SSSR count). The SMILES string of the molecule is CC(C)C(C)(O)CN1Cc2ccc(C(=O)O)cc2C1. The Balaban J connectivity index is 2.10. The second kappa shape index (κ2) is 4.94. The molecule has 0 bridgehead atoms. The van der Waals surface area contributed by atoms with Crippen molar-refractivity contribution in [2.24, 2.45) is 5.92 Å². The maximum atomic E-state index is 10.9. The highest BCUT2D eigenvalue weighted by atomic mass is 16.4. The zero-order valence-corrected chi connectivity index (χ0v) is 11.7. The third-order valence-electron chi connectivity index (χ3n) is 4.03. The topological polar surface area (TPSA) is 60.8 Å². The van der Waals surface area contributed by atoms with Crippen molar-refractivity contribution in [2.75, 3.05) is 6.54 Å². The van der Waals surface area contributed by atoms with Crippen molar-refractivity contribution in [2.45, 2.75) is 39.5 Å². The van der Waals surface area contributed by atoms with Gasteiger partial charge in [-0.3, -0.25) is 4.90 Å². The van der Waals surface area contributed by atoms with E-state index in [1.165, 1.54) is 0 Å². The van der Waals surface area contributed by atoms with Gasteiger partial charge in [0.1, 0.15) is 0 Å². The number of rotatable bonds is 4. The minimum atomic E-state index is -0.893. The quantitative estimate of drug-likeness (QED) is 0.873. The summed E-state index contributed by atoms with van der Waals surface area (Å²) in [6, 6.07) is 5.26. The van der Waals surface area contributed by atoms with Crippen molar-refractivity contribution in [3.05, 3.63) is 34.9 Å². The molecular formula is C15H21NO3. The molecule has 1 aromatic rings. The average Bonchev–Trinajstić information content (AvgIpc) is 2.68. The van der Waals surface area contributed by atoms with Crippen molar-refractivity contribution in [1.82, 2.24) is 4.90 Å². The van der Waals surface area contributed by atoms with Crippen LogP contribution in [0.4, 0.5) is 0 Å². The smallest absolute Gasteiger partial charge is 0.335 e. The molecule has 0 aliphatic carbocycles. The van der Waals surface area contributed by atoms with Crippen LogP contribution in [0.2, 0.25) is 0 Å². The summed E-state index contributed by atoms with van der Waals surface area (Å²) in [6.45, 7) is 7.94. The number of carbonyl (C=O) groups is 1. The highest BCUT2D eigenvalue weighted by Gasteiger charge is 2.30. The van der Waals surface area contributed by atoms with Gasteiger partial charge >= 0.3 is 5.97 Å². The Labute approximate surface area is 113 Å². The molecule has 19 heavy (non-hydrogen) atoms. The van der Waals surface area contributed by atoms with E-state index in [2.05, 4.69) is 4.90 Å². The van der Waals surface area contributed by atoms with Gasteiger partial charge in [0.25, 0.3) is 0 Å². The fourth-order valence-electron chi connectivity index (χ4n) is 2.35. The number of hydrogen-bond acceptors (Lipinski definition) is 3. The molecule has 0 saturated carbocycles. The van der Waals surface area contributed by atoms with E-state index in [4.69, 9.17) is 5.11 Å². The van der Waals surface area contributed by atoms with E-state index in [1.807, 2.05) is 26.8 Å². The molecule has 1 unspecified atom stereocenters. The van der Waals surface area contributed by atoms with Gasteiger partial charge in [-0.25, -0.2) is 4.79 Å². The predicted molar refractivity (Wildman–Crippen MR) is 73.0 cm³/mol. The highest BCUT2D eigenvalue weighted by Crippen LogP contribution is 2.27. The summed E-state index contributed by atoms with van der Waals surface area (Å²) in [6.07, 6.45) is 0. The second-order valence-corrected chi connectivity index (χ2v) is 5.95.